The van der Waals surface area contributed by atoms with E-state index < -0.39 is 18.1 Å². The van der Waals surface area contributed by atoms with E-state index in [1.54, 1.807) is 6.07 Å². The monoisotopic (exact) mass is 317 g/mol. The summed E-state index contributed by atoms with van der Waals surface area (Å²) in [6, 6.07) is 14.4. The van der Waals surface area contributed by atoms with Crippen molar-refractivity contribution in [2.75, 3.05) is 0 Å². The molecule has 118 valence electrons. The van der Waals surface area contributed by atoms with Crippen molar-refractivity contribution in [2.45, 2.75) is 18.6 Å². The summed E-state index contributed by atoms with van der Waals surface area (Å²) in [5.74, 6) is -0.512. The van der Waals surface area contributed by atoms with E-state index in [4.69, 9.17) is 0 Å². The maximum Gasteiger partial charge on any atom is 0.262 e. The number of carbonyl (C=O) groups excluding carboxylic acids is 1. The predicted octanol–water partition coefficient (Wildman–Crippen LogP) is 0.0215. The van der Waals surface area contributed by atoms with Crippen LogP contribution < -0.4 is 10.9 Å². The van der Waals surface area contributed by atoms with Gasteiger partial charge in [0.25, 0.3) is 5.91 Å². The molecule has 0 saturated heterocycles. The highest BCUT2D eigenvalue weighted by atomic mass is 16.3. The zero-order valence-electron chi connectivity index (χ0n) is 13.2. The van der Waals surface area contributed by atoms with Crippen LogP contribution in [0, 0.1) is 11.3 Å². The maximum atomic E-state index is 12.4. The van der Waals surface area contributed by atoms with E-state index in [9.17, 15) is 15.2 Å². The molecule has 1 aromatic heterocycles. The number of hydrogen-bond acceptors (Lipinski definition) is 4. The fourth-order valence-corrected chi connectivity index (χ4v) is 2.91. The van der Waals surface area contributed by atoms with E-state index >= 15 is 0 Å². The van der Waals surface area contributed by atoms with Crippen LogP contribution in [0.5, 0.6) is 0 Å². The molecule has 24 heavy (non-hydrogen) atoms. The summed E-state index contributed by atoms with van der Waals surface area (Å²) in [7, 11) is 1.84. The number of carbonyl (C=O) groups is 1. The van der Waals surface area contributed by atoms with Crippen LogP contribution >= 0.6 is 0 Å². The second-order valence-corrected chi connectivity index (χ2v) is 5.80. The molecule has 0 unspecified atom stereocenters. The van der Waals surface area contributed by atoms with Gasteiger partial charge in [-0.1, -0.05) is 36.4 Å². The van der Waals surface area contributed by atoms with Gasteiger partial charge in [0.15, 0.2) is 7.85 Å². The van der Waals surface area contributed by atoms with Crippen LogP contribution in [-0.2, 0) is 11.2 Å². The quantitative estimate of drug-likeness (QED) is 0.475. The molecule has 1 aliphatic carbocycles. The summed E-state index contributed by atoms with van der Waals surface area (Å²) in [6.45, 7) is 0. The van der Waals surface area contributed by atoms with Crippen LogP contribution in [-0.4, -0.2) is 29.9 Å². The highest BCUT2D eigenvalue weighted by Gasteiger charge is 2.32. The average molecular weight is 317 g/mol. The second kappa shape index (κ2) is 6.69. The van der Waals surface area contributed by atoms with Gasteiger partial charge >= 0.3 is 0 Å². The zero-order chi connectivity index (χ0) is 17.1. The van der Waals surface area contributed by atoms with E-state index in [2.05, 4.69) is 10.3 Å². The molecule has 0 aliphatic heterocycles. The maximum absolute atomic E-state index is 12.4. The number of amides is 1. The van der Waals surface area contributed by atoms with Crippen molar-refractivity contribution < 1.29 is 9.90 Å². The van der Waals surface area contributed by atoms with E-state index in [1.165, 1.54) is 6.08 Å². The lowest BCUT2D eigenvalue weighted by atomic mass is 10.0. The summed E-state index contributed by atoms with van der Waals surface area (Å²) in [5.41, 5.74) is 3.22. The summed E-state index contributed by atoms with van der Waals surface area (Å²) in [5, 5.41) is 22.3. The van der Waals surface area contributed by atoms with Crippen molar-refractivity contribution >= 4 is 25.4 Å². The second-order valence-electron chi connectivity index (χ2n) is 5.80. The lowest BCUT2D eigenvalue weighted by molar-refractivity contribution is -0.118. The molecule has 2 N–H and O–H groups in total. The molecule has 2 aromatic rings. The molecule has 2 atom stereocenters. The SMILES string of the molecule is Bc1cccc(/C=C(\C#N)C(=O)N[C@@H]2c3ccccc3C[C@@H]2O)n1. The van der Waals surface area contributed by atoms with Crippen molar-refractivity contribution in [1.29, 1.82) is 5.26 Å². The third-order valence-electron chi connectivity index (χ3n) is 4.06. The Labute approximate surface area is 141 Å². The lowest BCUT2D eigenvalue weighted by Gasteiger charge is -2.17. The molecule has 5 nitrogen and oxygen atoms in total. The van der Waals surface area contributed by atoms with E-state index in [0.717, 1.165) is 16.7 Å². The standard InChI is InChI=1S/C18H16BN3O2/c19-16-7-3-5-13(21-16)8-12(10-20)18(24)22-17-14-6-2-1-4-11(14)9-15(17)23/h1-8,15,17,23H,9,19H2,(H,22,24)/b12-8+/t15-,17+/m0/s1. The number of nitrogens with zero attached hydrogens (tertiary/aromatic N) is 2. The van der Waals surface area contributed by atoms with E-state index in [0.29, 0.717) is 12.1 Å². The normalized spacial score (nSPS) is 19.4. The molecule has 3 rings (SSSR count). The Morgan fingerprint density at radius 2 is 2.12 bits per heavy atom. The molecule has 0 saturated carbocycles. The number of fused-ring (bicyclic) bond motifs is 1. The lowest BCUT2D eigenvalue weighted by Crippen LogP contribution is -2.34. The van der Waals surface area contributed by atoms with Crippen LogP contribution in [0.3, 0.4) is 0 Å². The molecule has 0 spiro atoms. The summed E-state index contributed by atoms with van der Waals surface area (Å²) < 4.78 is 0. The Hall–Kier alpha value is -2.91. The minimum absolute atomic E-state index is 0.0373. The van der Waals surface area contributed by atoms with Gasteiger partial charge in [0, 0.05) is 6.42 Å². The van der Waals surface area contributed by atoms with Crippen LogP contribution in [0.2, 0.25) is 0 Å². The van der Waals surface area contributed by atoms with Gasteiger partial charge in [0.2, 0.25) is 0 Å². The van der Waals surface area contributed by atoms with Crippen LogP contribution in [0.4, 0.5) is 0 Å². The first kappa shape index (κ1) is 16.0. The number of hydrogen-bond donors (Lipinski definition) is 2. The molecular formula is C18H16BN3O2. The fourth-order valence-electron chi connectivity index (χ4n) is 2.91. The summed E-state index contributed by atoms with van der Waals surface area (Å²) >= 11 is 0. The summed E-state index contributed by atoms with van der Waals surface area (Å²) in [4.78, 5) is 16.7. The topological polar surface area (TPSA) is 86.0 Å². The van der Waals surface area contributed by atoms with Crippen molar-refractivity contribution in [2.24, 2.45) is 0 Å². The number of benzene rings is 1. The number of aliphatic hydroxyl groups excluding tert-OH is 1. The first-order valence-electron chi connectivity index (χ1n) is 7.70. The number of aliphatic hydroxyl groups is 1. The third-order valence-corrected chi connectivity index (χ3v) is 4.06. The molecule has 1 aromatic carbocycles. The first-order chi connectivity index (χ1) is 11.6. The first-order valence-corrected chi connectivity index (χ1v) is 7.70. The minimum atomic E-state index is -0.691. The number of nitrogens with one attached hydrogen (secondary N) is 1. The van der Waals surface area contributed by atoms with Gasteiger partial charge in [0.05, 0.1) is 17.8 Å². The van der Waals surface area contributed by atoms with Crippen molar-refractivity contribution in [3.63, 3.8) is 0 Å². The average Bonchev–Trinajstić information content (AvgIpc) is 2.88. The van der Waals surface area contributed by atoms with Crippen molar-refractivity contribution in [3.05, 3.63) is 64.9 Å². The van der Waals surface area contributed by atoms with Gasteiger partial charge in [-0.3, -0.25) is 9.78 Å². The van der Waals surface area contributed by atoms with E-state index in [1.807, 2.05) is 50.3 Å². The third kappa shape index (κ3) is 3.22. The van der Waals surface area contributed by atoms with Crippen LogP contribution in [0.1, 0.15) is 22.9 Å². The fraction of sp³-hybridized carbons (Fsp3) is 0.167. The molecular weight excluding hydrogens is 301 g/mol. The number of nitriles is 1. The van der Waals surface area contributed by atoms with Gasteiger partial charge in [0.1, 0.15) is 11.6 Å². The van der Waals surface area contributed by atoms with E-state index in [-0.39, 0.29) is 5.57 Å². The highest BCUT2D eigenvalue weighted by Crippen LogP contribution is 2.31. The predicted molar refractivity (Wildman–Crippen MR) is 93.0 cm³/mol. The molecule has 0 bridgehead atoms. The Balaban J connectivity index is 1.82. The van der Waals surface area contributed by atoms with Crippen LogP contribution in [0.15, 0.2) is 48.0 Å². The Morgan fingerprint density at radius 3 is 2.88 bits per heavy atom. The Morgan fingerprint density at radius 1 is 1.33 bits per heavy atom. The summed E-state index contributed by atoms with van der Waals surface area (Å²) in [6.07, 6.45) is 1.25. The largest absolute Gasteiger partial charge is 0.390 e. The Bertz CT molecular complexity index is 857. The molecule has 1 aliphatic rings. The van der Waals surface area contributed by atoms with Gasteiger partial charge in [-0.15, -0.1) is 0 Å². The molecule has 6 heteroatoms. The number of aromatic nitrogens is 1. The smallest absolute Gasteiger partial charge is 0.262 e. The van der Waals surface area contributed by atoms with Gasteiger partial charge in [-0.25, -0.2) is 0 Å². The van der Waals surface area contributed by atoms with Gasteiger partial charge < -0.3 is 10.4 Å². The zero-order valence-corrected chi connectivity index (χ0v) is 13.2. The molecule has 1 heterocycles. The number of rotatable bonds is 3. The van der Waals surface area contributed by atoms with Crippen molar-refractivity contribution in [3.8, 4) is 6.07 Å². The van der Waals surface area contributed by atoms with Crippen LogP contribution in [0.25, 0.3) is 6.08 Å². The minimum Gasteiger partial charge on any atom is -0.390 e. The molecule has 0 fully saturated rings. The Kier molecular flexibility index (Phi) is 4.45. The van der Waals surface area contributed by atoms with Gasteiger partial charge in [-0.2, -0.15) is 5.26 Å². The molecule has 0 radical (unpaired) electrons. The van der Waals surface area contributed by atoms with Crippen molar-refractivity contribution in [1.82, 2.24) is 10.3 Å². The highest BCUT2D eigenvalue weighted by molar-refractivity contribution is 6.30. The van der Waals surface area contributed by atoms with Gasteiger partial charge in [-0.05, 0) is 28.9 Å². The molecule has 1 amide bonds. The number of pyridine rings is 1.